The molecule has 2 rings (SSSR count). The van der Waals surface area contributed by atoms with Gasteiger partial charge in [-0.3, -0.25) is 0 Å². The second-order valence-corrected chi connectivity index (χ2v) is 5.14. The first-order valence-corrected chi connectivity index (χ1v) is 7.61. The van der Waals surface area contributed by atoms with E-state index in [0.717, 1.165) is 30.0 Å². The van der Waals surface area contributed by atoms with Gasteiger partial charge in [0.1, 0.15) is 5.82 Å². The summed E-state index contributed by atoms with van der Waals surface area (Å²) >= 11 is 0. The van der Waals surface area contributed by atoms with E-state index >= 15 is 0 Å². The van der Waals surface area contributed by atoms with E-state index in [9.17, 15) is 0 Å². The molecule has 0 atom stereocenters. The summed E-state index contributed by atoms with van der Waals surface area (Å²) < 4.78 is 0. The average Bonchev–Trinajstić information content (AvgIpc) is 2.50. The van der Waals surface area contributed by atoms with Crippen LogP contribution in [0.1, 0.15) is 31.4 Å². The van der Waals surface area contributed by atoms with Crippen LogP contribution < -0.4 is 10.6 Å². The number of hydrogen-bond acceptors (Lipinski definition) is 2. The molecule has 2 N–H and O–H groups in total. The zero-order chi connectivity index (χ0) is 15.1. The molecule has 2 heteroatoms. The first kappa shape index (κ1) is 15.2. The van der Waals surface area contributed by atoms with Crippen molar-refractivity contribution in [2.75, 3.05) is 10.6 Å². The molecule has 0 aliphatic heterocycles. The van der Waals surface area contributed by atoms with Crippen LogP contribution in [0.3, 0.4) is 0 Å². The lowest BCUT2D eigenvalue weighted by molar-refractivity contribution is 1.14. The lowest BCUT2D eigenvalue weighted by Gasteiger charge is -2.15. The molecule has 0 radical (unpaired) electrons. The molecular weight excluding hydrogens is 256 g/mol. The van der Waals surface area contributed by atoms with Crippen molar-refractivity contribution in [3.05, 3.63) is 71.6 Å². The maximum absolute atomic E-state index is 3.48. The Balaban J connectivity index is 2.12. The van der Waals surface area contributed by atoms with Crippen LogP contribution in [-0.2, 0) is 6.42 Å². The highest BCUT2D eigenvalue weighted by Crippen LogP contribution is 2.18. The Morgan fingerprint density at radius 1 is 0.952 bits per heavy atom. The first-order valence-electron chi connectivity index (χ1n) is 7.61. The fourth-order valence-electron chi connectivity index (χ4n) is 2.17. The van der Waals surface area contributed by atoms with E-state index in [-0.39, 0.29) is 0 Å². The van der Waals surface area contributed by atoms with Crippen LogP contribution in [0, 0.1) is 6.92 Å². The number of benzene rings is 2. The minimum Gasteiger partial charge on any atom is -0.342 e. The number of allylic oxidation sites excluding steroid dienone is 1. The van der Waals surface area contributed by atoms with Gasteiger partial charge in [0.15, 0.2) is 0 Å². The molecule has 0 aliphatic carbocycles. The second kappa shape index (κ2) is 7.53. The van der Waals surface area contributed by atoms with E-state index < -0.39 is 0 Å². The zero-order valence-corrected chi connectivity index (χ0v) is 13.1. The van der Waals surface area contributed by atoms with Gasteiger partial charge in [0.05, 0.1) is 0 Å². The van der Waals surface area contributed by atoms with Gasteiger partial charge in [0, 0.05) is 11.4 Å². The topological polar surface area (TPSA) is 24.1 Å². The van der Waals surface area contributed by atoms with E-state index in [1.54, 1.807) is 0 Å². The largest absolute Gasteiger partial charge is 0.342 e. The molecule has 2 aromatic rings. The van der Waals surface area contributed by atoms with Crippen LogP contribution in [0.4, 0.5) is 11.4 Å². The van der Waals surface area contributed by atoms with Gasteiger partial charge in [-0.15, -0.1) is 0 Å². The monoisotopic (exact) mass is 280 g/mol. The molecule has 0 unspecified atom stereocenters. The van der Waals surface area contributed by atoms with Gasteiger partial charge >= 0.3 is 0 Å². The fraction of sp³-hybridized carbons (Fsp3) is 0.263. The Labute approximate surface area is 127 Å². The number of anilines is 2. The first-order chi connectivity index (χ1) is 10.2. The number of para-hydroxylation sites is 1. The van der Waals surface area contributed by atoms with Crippen LogP contribution in [0.15, 0.2) is 60.4 Å². The third-order valence-electron chi connectivity index (χ3n) is 3.46. The summed E-state index contributed by atoms with van der Waals surface area (Å²) in [6.45, 7) is 6.42. The molecule has 0 saturated heterocycles. The predicted octanol–water partition coefficient (Wildman–Crippen LogP) is 5.33. The minimum absolute atomic E-state index is 0.980. The van der Waals surface area contributed by atoms with Crippen molar-refractivity contribution in [2.45, 2.75) is 33.6 Å². The second-order valence-electron chi connectivity index (χ2n) is 5.14. The molecule has 0 aromatic heterocycles. The predicted molar refractivity (Wildman–Crippen MR) is 92.6 cm³/mol. The van der Waals surface area contributed by atoms with Gasteiger partial charge in [0.2, 0.25) is 0 Å². The summed E-state index contributed by atoms with van der Waals surface area (Å²) in [5, 5.41) is 6.93. The SMILES string of the molecule is CC/C=C(/Nc1ccc(CC)cc1)Nc1ccccc1C. The lowest BCUT2D eigenvalue weighted by Crippen LogP contribution is -2.10. The van der Waals surface area contributed by atoms with Crippen molar-refractivity contribution in [1.29, 1.82) is 0 Å². The molecule has 21 heavy (non-hydrogen) atoms. The molecule has 2 aromatic carbocycles. The summed E-state index contributed by atoms with van der Waals surface area (Å²) in [5.41, 5.74) is 4.83. The van der Waals surface area contributed by atoms with Gasteiger partial charge < -0.3 is 10.6 Å². The molecule has 0 saturated carbocycles. The number of aryl methyl sites for hydroxylation is 2. The Morgan fingerprint density at radius 3 is 2.29 bits per heavy atom. The van der Waals surface area contributed by atoms with Crippen molar-refractivity contribution < 1.29 is 0 Å². The van der Waals surface area contributed by atoms with Crippen molar-refractivity contribution in [1.82, 2.24) is 0 Å². The van der Waals surface area contributed by atoms with E-state index in [1.807, 2.05) is 0 Å². The summed E-state index contributed by atoms with van der Waals surface area (Å²) in [7, 11) is 0. The van der Waals surface area contributed by atoms with Gasteiger partial charge in [-0.25, -0.2) is 0 Å². The molecule has 0 amide bonds. The molecular formula is C19H24N2. The van der Waals surface area contributed by atoms with Crippen LogP contribution in [0.25, 0.3) is 0 Å². The van der Waals surface area contributed by atoms with Gasteiger partial charge in [0.25, 0.3) is 0 Å². The number of nitrogens with one attached hydrogen (secondary N) is 2. The minimum atomic E-state index is 0.980. The van der Waals surface area contributed by atoms with Crippen molar-refractivity contribution in [3.8, 4) is 0 Å². The highest BCUT2D eigenvalue weighted by atomic mass is 15.1. The van der Waals surface area contributed by atoms with Gasteiger partial charge in [-0.2, -0.15) is 0 Å². The highest BCUT2D eigenvalue weighted by molar-refractivity contribution is 5.59. The van der Waals surface area contributed by atoms with Crippen molar-refractivity contribution >= 4 is 11.4 Å². The van der Waals surface area contributed by atoms with Crippen LogP contribution in [-0.4, -0.2) is 0 Å². The third-order valence-corrected chi connectivity index (χ3v) is 3.46. The maximum atomic E-state index is 3.48. The Morgan fingerprint density at radius 2 is 1.67 bits per heavy atom. The van der Waals surface area contributed by atoms with E-state index in [4.69, 9.17) is 0 Å². The number of hydrogen-bond donors (Lipinski definition) is 2. The zero-order valence-electron chi connectivity index (χ0n) is 13.1. The summed E-state index contributed by atoms with van der Waals surface area (Å²) in [6.07, 6.45) is 4.22. The molecule has 110 valence electrons. The Bertz CT molecular complexity index is 597. The molecule has 2 nitrogen and oxygen atoms in total. The molecule has 0 fully saturated rings. The fourth-order valence-corrected chi connectivity index (χ4v) is 2.17. The average molecular weight is 280 g/mol. The lowest BCUT2D eigenvalue weighted by atomic mass is 10.1. The van der Waals surface area contributed by atoms with Crippen LogP contribution >= 0.6 is 0 Å². The van der Waals surface area contributed by atoms with E-state index in [1.165, 1.54) is 11.1 Å². The Kier molecular flexibility index (Phi) is 5.44. The maximum Gasteiger partial charge on any atom is 0.103 e. The van der Waals surface area contributed by atoms with Crippen LogP contribution in [0.2, 0.25) is 0 Å². The van der Waals surface area contributed by atoms with E-state index in [0.29, 0.717) is 0 Å². The molecule has 0 bridgehead atoms. The highest BCUT2D eigenvalue weighted by Gasteiger charge is 2.01. The standard InChI is InChI=1S/C19H24N2/c1-4-8-19(21-18-10-7-6-9-15(18)3)20-17-13-11-16(5-2)12-14-17/h6-14,20-21H,4-5H2,1-3H3/b19-8-. The smallest absolute Gasteiger partial charge is 0.103 e. The number of rotatable bonds is 6. The summed E-state index contributed by atoms with van der Waals surface area (Å²) in [4.78, 5) is 0. The normalized spacial score (nSPS) is 11.3. The quantitative estimate of drug-likeness (QED) is 0.747. The van der Waals surface area contributed by atoms with E-state index in [2.05, 4.69) is 86.0 Å². The summed E-state index contributed by atoms with van der Waals surface area (Å²) in [6, 6.07) is 16.9. The molecule has 0 aliphatic rings. The Hall–Kier alpha value is -2.22. The molecule has 0 heterocycles. The molecule has 0 spiro atoms. The van der Waals surface area contributed by atoms with Gasteiger partial charge in [-0.1, -0.05) is 44.2 Å². The van der Waals surface area contributed by atoms with Crippen molar-refractivity contribution in [2.24, 2.45) is 0 Å². The van der Waals surface area contributed by atoms with Crippen molar-refractivity contribution in [3.63, 3.8) is 0 Å². The van der Waals surface area contributed by atoms with Gasteiger partial charge in [-0.05, 0) is 55.2 Å². The van der Waals surface area contributed by atoms with Crippen LogP contribution in [0.5, 0.6) is 0 Å². The third kappa shape index (κ3) is 4.38. The summed E-state index contributed by atoms with van der Waals surface area (Å²) in [5.74, 6) is 1.02.